The van der Waals surface area contributed by atoms with Crippen molar-refractivity contribution in [2.24, 2.45) is 0 Å². The molecule has 6 aromatic rings. The van der Waals surface area contributed by atoms with E-state index in [0.717, 1.165) is 27.6 Å². The van der Waals surface area contributed by atoms with Crippen LogP contribution < -0.4 is 20.1 Å². The maximum atomic E-state index is 13.6. The molecular weight excluding hydrogens is 594 g/mol. The molecule has 0 saturated heterocycles. The Morgan fingerprint density at radius 2 is 1.28 bits per heavy atom. The van der Waals surface area contributed by atoms with Crippen LogP contribution in [0.4, 0.5) is 5.69 Å². The second-order valence-electron chi connectivity index (χ2n) is 10.9. The molecule has 5 aromatic carbocycles. The Kier molecular flexibility index (Phi) is 8.35. The lowest BCUT2D eigenvalue weighted by atomic mass is 9.89. The lowest BCUT2D eigenvalue weighted by Gasteiger charge is -2.34. The van der Waals surface area contributed by atoms with E-state index in [9.17, 15) is 4.79 Å². The van der Waals surface area contributed by atoms with Crippen LogP contribution in [-0.2, 0) is 6.54 Å². The van der Waals surface area contributed by atoms with Gasteiger partial charge in [0.15, 0.2) is 12.2 Å². The number of hydrogen-bond acceptors (Lipinski definition) is 5. The first-order chi connectivity index (χ1) is 22.6. The average molecular weight is 624 g/mol. The van der Waals surface area contributed by atoms with Crippen LogP contribution in [0, 0.1) is 0 Å². The third kappa shape index (κ3) is 6.16. The van der Waals surface area contributed by atoms with E-state index < -0.39 is 12.2 Å². The molecule has 1 aromatic heterocycles. The SMILES string of the molecule is O=C(Nc1cnc2ccccc2c1)c1ccccc1CNC1=C(Cl)C(Oc2ccccc2)c2ccccc2C1Oc1ccccc1. The van der Waals surface area contributed by atoms with Gasteiger partial charge in [0.2, 0.25) is 0 Å². The topological polar surface area (TPSA) is 72.5 Å². The van der Waals surface area contributed by atoms with E-state index in [-0.39, 0.29) is 5.91 Å². The van der Waals surface area contributed by atoms with Crippen molar-refractivity contribution in [2.45, 2.75) is 18.8 Å². The van der Waals surface area contributed by atoms with E-state index in [4.69, 9.17) is 21.1 Å². The van der Waals surface area contributed by atoms with Crippen molar-refractivity contribution < 1.29 is 14.3 Å². The summed E-state index contributed by atoms with van der Waals surface area (Å²) in [6.45, 7) is 0.319. The van der Waals surface area contributed by atoms with Gasteiger partial charge in [0.1, 0.15) is 11.5 Å². The summed E-state index contributed by atoms with van der Waals surface area (Å²) in [4.78, 5) is 18.0. The van der Waals surface area contributed by atoms with Crippen molar-refractivity contribution in [3.8, 4) is 11.5 Å². The van der Waals surface area contributed by atoms with Gasteiger partial charge < -0.3 is 20.1 Å². The molecule has 226 valence electrons. The zero-order chi connectivity index (χ0) is 31.3. The summed E-state index contributed by atoms with van der Waals surface area (Å²) < 4.78 is 13.1. The molecule has 7 rings (SSSR count). The maximum absolute atomic E-state index is 13.6. The number of hydrogen-bond donors (Lipinski definition) is 2. The molecule has 2 N–H and O–H groups in total. The third-order valence-corrected chi connectivity index (χ3v) is 8.29. The highest BCUT2D eigenvalue weighted by molar-refractivity contribution is 6.30. The van der Waals surface area contributed by atoms with E-state index in [1.54, 1.807) is 6.20 Å². The predicted octanol–water partition coefficient (Wildman–Crippen LogP) is 8.98. The normalized spacial score (nSPS) is 15.6. The molecule has 2 unspecified atom stereocenters. The highest BCUT2D eigenvalue weighted by atomic mass is 35.5. The van der Waals surface area contributed by atoms with E-state index in [0.29, 0.717) is 40.0 Å². The van der Waals surface area contributed by atoms with Gasteiger partial charge in [0.05, 0.1) is 28.1 Å². The Bertz CT molecular complexity index is 2030. The Balaban J connectivity index is 1.20. The molecular formula is C39H30ClN3O3. The van der Waals surface area contributed by atoms with Crippen LogP contribution in [0.2, 0.25) is 0 Å². The Morgan fingerprint density at radius 1 is 0.696 bits per heavy atom. The number of pyridine rings is 1. The molecule has 1 heterocycles. The fourth-order valence-corrected chi connectivity index (χ4v) is 5.98. The zero-order valence-corrected chi connectivity index (χ0v) is 25.5. The number of nitrogens with zero attached hydrogens (tertiary/aromatic N) is 1. The van der Waals surface area contributed by atoms with Crippen molar-refractivity contribution in [1.29, 1.82) is 0 Å². The molecule has 1 aliphatic carbocycles. The maximum Gasteiger partial charge on any atom is 0.256 e. The van der Waals surface area contributed by atoms with Gasteiger partial charge in [-0.15, -0.1) is 0 Å². The number of aromatic nitrogens is 1. The minimum atomic E-state index is -0.558. The molecule has 1 aliphatic rings. The molecule has 0 aliphatic heterocycles. The number of para-hydroxylation sites is 3. The van der Waals surface area contributed by atoms with Gasteiger partial charge in [-0.3, -0.25) is 9.78 Å². The van der Waals surface area contributed by atoms with Crippen molar-refractivity contribution >= 4 is 34.1 Å². The van der Waals surface area contributed by atoms with Crippen LogP contribution in [0.15, 0.2) is 156 Å². The standard InChI is InChI=1S/C39H30ClN3O3/c40-35-36(42-24-27-14-7-9-19-31(27)39(44)43-28-23-26-13-8-12-22-34(26)41-25-28)38(46-30-17-5-2-6-18-30)33-21-11-10-20-32(33)37(35)45-29-15-3-1-4-16-29/h1-23,25,37-38,42H,24H2,(H,43,44). The molecule has 46 heavy (non-hydrogen) atoms. The van der Waals surface area contributed by atoms with Gasteiger partial charge >= 0.3 is 0 Å². The summed E-state index contributed by atoms with van der Waals surface area (Å²) in [5.74, 6) is 1.18. The van der Waals surface area contributed by atoms with E-state index in [1.165, 1.54) is 0 Å². The van der Waals surface area contributed by atoms with Gasteiger partial charge in [0.25, 0.3) is 5.91 Å². The number of amides is 1. The number of fused-ring (bicyclic) bond motifs is 2. The molecule has 0 saturated carbocycles. The smallest absolute Gasteiger partial charge is 0.256 e. The lowest BCUT2D eigenvalue weighted by Crippen LogP contribution is -2.31. The molecule has 0 radical (unpaired) electrons. The highest BCUT2D eigenvalue weighted by Gasteiger charge is 2.36. The number of anilines is 1. The second kappa shape index (κ2) is 13.2. The summed E-state index contributed by atoms with van der Waals surface area (Å²) in [5.41, 5.74) is 5.35. The van der Waals surface area contributed by atoms with Crippen molar-refractivity contribution in [3.05, 3.63) is 179 Å². The monoisotopic (exact) mass is 623 g/mol. The fraction of sp³-hybridized carbons (Fsp3) is 0.0769. The number of halogens is 1. The molecule has 7 heteroatoms. The molecule has 0 spiro atoms. The lowest BCUT2D eigenvalue weighted by molar-refractivity contribution is 0.102. The number of benzene rings is 5. The molecule has 0 fully saturated rings. The van der Waals surface area contributed by atoms with Crippen LogP contribution >= 0.6 is 11.6 Å². The van der Waals surface area contributed by atoms with Crippen LogP contribution in [0.5, 0.6) is 11.5 Å². The van der Waals surface area contributed by atoms with Crippen LogP contribution in [0.3, 0.4) is 0 Å². The first-order valence-electron chi connectivity index (χ1n) is 15.0. The molecule has 0 bridgehead atoms. The summed E-state index contributed by atoms with van der Waals surface area (Å²) in [7, 11) is 0. The summed E-state index contributed by atoms with van der Waals surface area (Å²) in [5, 5.41) is 7.99. The number of carbonyl (C=O) groups excluding carboxylic acids is 1. The van der Waals surface area contributed by atoms with Crippen molar-refractivity contribution in [1.82, 2.24) is 10.3 Å². The summed E-state index contributed by atoms with van der Waals surface area (Å²) in [6, 6.07) is 44.5. The number of rotatable bonds is 9. The van der Waals surface area contributed by atoms with Crippen molar-refractivity contribution in [2.75, 3.05) is 5.32 Å². The fourth-order valence-electron chi connectivity index (χ4n) is 5.66. The minimum Gasteiger partial charge on any atom is -0.480 e. The van der Waals surface area contributed by atoms with Gasteiger partial charge in [-0.25, -0.2) is 0 Å². The van der Waals surface area contributed by atoms with Gasteiger partial charge in [-0.2, -0.15) is 0 Å². The number of nitrogens with one attached hydrogen (secondary N) is 2. The second-order valence-corrected chi connectivity index (χ2v) is 11.3. The summed E-state index contributed by atoms with van der Waals surface area (Å²) >= 11 is 7.24. The molecule has 2 atom stereocenters. The van der Waals surface area contributed by atoms with Gasteiger partial charge in [-0.1, -0.05) is 109 Å². The Labute approximate surface area is 272 Å². The van der Waals surface area contributed by atoms with Crippen LogP contribution in [0.1, 0.15) is 39.3 Å². The predicted molar refractivity (Wildman–Crippen MR) is 182 cm³/mol. The first kappa shape index (κ1) is 29.1. The van der Waals surface area contributed by atoms with Gasteiger partial charge in [0, 0.05) is 28.6 Å². The van der Waals surface area contributed by atoms with Crippen LogP contribution in [0.25, 0.3) is 10.9 Å². The quantitative estimate of drug-likeness (QED) is 0.168. The third-order valence-electron chi connectivity index (χ3n) is 7.88. The minimum absolute atomic E-state index is 0.231. The Morgan fingerprint density at radius 3 is 2.02 bits per heavy atom. The first-order valence-corrected chi connectivity index (χ1v) is 15.4. The largest absolute Gasteiger partial charge is 0.480 e. The molecule has 6 nitrogen and oxygen atoms in total. The Hall–Kier alpha value is -5.59. The van der Waals surface area contributed by atoms with E-state index in [2.05, 4.69) is 15.6 Å². The number of ether oxygens (including phenoxy) is 2. The van der Waals surface area contributed by atoms with Crippen molar-refractivity contribution in [3.63, 3.8) is 0 Å². The molecule has 1 amide bonds. The number of carbonyl (C=O) groups is 1. The van der Waals surface area contributed by atoms with E-state index >= 15 is 0 Å². The summed E-state index contributed by atoms with van der Waals surface area (Å²) in [6.07, 6.45) is 0.576. The van der Waals surface area contributed by atoms with E-state index in [1.807, 2.05) is 140 Å². The average Bonchev–Trinajstić information content (AvgIpc) is 3.10. The zero-order valence-electron chi connectivity index (χ0n) is 24.8. The van der Waals surface area contributed by atoms with Gasteiger partial charge in [-0.05, 0) is 48.0 Å². The van der Waals surface area contributed by atoms with Crippen LogP contribution in [-0.4, -0.2) is 10.9 Å². The highest BCUT2D eigenvalue weighted by Crippen LogP contribution is 2.45.